The van der Waals surface area contributed by atoms with Crippen LogP contribution in [0.5, 0.6) is 0 Å². The van der Waals surface area contributed by atoms with Gasteiger partial charge in [-0.3, -0.25) is 19.1 Å². The van der Waals surface area contributed by atoms with Gasteiger partial charge >= 0.3 is 6.18 Å². The third-order valence-electron chi connectivity index (χ3n) is 8.54. The zero-order valence-electron chi connectivity index (χ0n) is 26.9. The smallest absolute Gasteiger partial charge is 0.366 e. The fraction of sp³-hybridized carbons (Fsp3) is 0.235. The number of nitrogens with zero attached hydrogens (tertiary/aromatic N) is 4. The van der Waals surface area contributed by atoms with E-state index in [4.69, 9.17) is 11.5 Å². The number of thiazole rings is 1. The molecule has 19 heteroatoms. The van der Waals surface area contributed by atoms with E-state index in [1.54, 1.807) is 0 Å². The number of hydrogen-bond acceptors (Lipinski definition) is 7. The molecule has 1 aliphatic rings. The molecule has 0 radical (unpaired) electrons. The van der Waals surface area contributed by atoms with E-state index in [1.165, 1.54) is 12.1 Å². The van der Waals surface area contributed by atoms with Gasteiger partial charge < -0.3 is 16.8 Å². The molecule has 3 aromatic heterocycles. The van der Waals surface area contributed by atoms with E-state index in [1.807, 2.05) is 0 Å². The SMILES string of the molecule is C=CC[C@@H]1Cc2c(C(F)(F)F)nn(CC(=O)NC(Cc3cc(F)cc(F)c3)c3nc4nc(C(N)=O)sc4cc3-c3ccc(F)c(C(N)=O)c3)c2C1(F)F. The van der Waals surface area contributed by atoms with Crippen molar-refractivity contribution in [3.8, 4) is 11.1 Å². The third kappa shape index (κ3) is 7.20. The minimum atomic E-state index is -5.14. The number of fused-ring (bicyclic) bond motifs is 2. The highest BCUT2D eigenvalue weighted by Gasteiger charge is 2.55. The normalized spacial score (nSPS) is 15.7. The Morgan fingerprint density at radius 2 is 1.74 bits per heavy atom. The molecule has 0 fully saturated rings. The molecular weight excluding hydrogens is 738 g/mol. The van der Waals surface area contributed by atoms with Crippen molar-refractivity contribution in [2.45, 2.75) is 43.9 Å². The number of amides is 3. The number of hydrogen-bond donors (Lipinski definition) is 3. The highest BCUT2D eigenvalue weighted by Crippen LogP contribution is 2.51. The number of pyridine rings is 1. The number of allylic oxidation sites excluding steroid dienone is 1. The highest BCUT2D eigenvalue weighted by atomic mass is 32.1. The summed E-state index contributed by atoms with van der Waals surface area (Å²) in [6.45, 7) is 2.24. The maximum atomic E-state index is 15.6. The quantitative estimate of drug-likeness (QED) is 0.109. The topological polar surface area (TPSA) is 159 Å². The van der Waals surface area contributed by atoms with Crippen LogP contribution in [0, 0.1) is 23.4 Å². The second-order valence-corrected chi connectivity index (χ2v) is 13.2. The Labute approximate surface area is 297 Å². The summed E-state index contributed by atoms with van der Waals surface area (Å²) in [5, 5.41) is 5.66. The lowest BCUT2D eigenvalue weighted by molar-refractivity contribution is -0.142. The molecule has 0 saturated heterocycles. The maximum Gasteiger partial charge on any atom is 0.435 e. The summed E-state index contributed by atoms with van der Waals surface area (Å²) in [5.41, 5.74) is 6.58. The van der Waals surface area contributed by atoms with Crippen molar-refractivity contribution < 1.29 is 49.5 Å². The summed E-state index contributed by atoms with van der Waals surface area (Å²) in [6.07, 6.45) is -5.47. The summed E-state index contributed by atoms with van der Waals surface area (Å²) in [5.74, 6) is -11.7. The van der Waals surface area contributed by atoms with Crippen LogP contribution in [0.4, 0.5) is 35.1 Å². The van der Waals surface area contributed by atoms with E-state index in [0.717, 1.165) is 41.7 Å². The molecule has 3 amide bonds. The van der Waals surface area contributed by atoms with E-state index < -0.39 is 101 Å². The standard InChI is InChI=1S/C34H25F8N7O3S/c1-2-3-16-10-21-27(34(40,41)42)48-49(28(21)33(16,38)39)13-25(50)45-23(8-14-6-17(35)11-18(36)7-14)26-19(15-4-5-22(37)20(9-15)29(43)51)12-24-31(46-26)47-32(53-24)30(44)52/h2,4-7,9,11-12,16,23H,1,3,8,10,13H2,(H2,43,51)(H2,44,52)(H,45,50)/t16-,23?/m1/s1. The first-order valence-electron chi connectivity index (χ1n) is 15.5. The lowest BCUT2D eigenvalue weighted by atomic mass is 9.94. The molecule has 0 bridgehead atoms. The van der Waals surface area contributed by atoms with Crippen LogP contribution < -0.4 is 16.8 Å². The summed E-state index contributed by atoms with van der Waals surface area (Å²) in [6, 6.07) is 5.56. The number of carbonyl (C=O) groups excluding carboxylic acids is 3. The van der Waals surface area contributed by atoms with E-state index >= 15 is 8.78 Å². The second kappa shape index (κ2) is 13.7. The Hall–Kier alpha value is -5.72. The molecule has 0 spiro atoms. The summed E-state index contributed by atoms with van der Waals surface area (Å²) >= 11 is 0.810. The highest BCUT2D eigenvalue weighted by molar-refractivity contribution is 7.20. The molecule has 5 aromatic rings. The zero-order chi connectivity index (χ0) is 38.6. The van der Waals surface area contributed by atoms with Gasteiger partial charge in [0.15, 0.2) is 16.3 Å². The number of aromatic nitrogens is 4. The first kappa shape index (κ1) is 37.1. The van der Waals surface area contributed by atoms with Crippen molar-refractivity contribution in [1.29, 1.82) is 0 Å². The van der Waals surface area contributed by atoms with Gasteiger partial charge in [0.05, 0.1) is 22.0 Å². The van der Waals surface area contributed by atoms with E-state index in [-0.39, 0.29) is 48.8 Å². The van der Waals surface area contributed by atoms with Gasteiger partial charge in [-0.1, -0.05) is 12.1 Å². The molecule has 3 heterocycles. The Bertz CT molecular complexity index is 2300. The molecule has 5 N–H and O–H groups in total. The maximum absolute atomic E-state index is 15.6. The molecule has 1 unspecified atom stereocenters. The summed E-state index contributed by atoms with van der Waals surface area (Å²) in [4.78, 5) is 46.3. The minimum Gasteiger partial charge on any atom is -0.366 e. The lowest BCUT2D eigenvalue weighted by Crippen LogP contribution is -2.35. The molecule has 276 valence electrons. The van der Waals surface area contributed by atoms with Crippen molar-refractivity contribution in [3.05, 3.63) is 111 Å². The van der Waals surface area contributed by atoms with Crippen LogP contribution in [0.2, 0.25) is 0 Å². The number of nitrogens with two attached hydrogens (primary N) is 2. The van der Waals surface area contributed by atoms with Gasteiger partial charge in [0.25, 0.3) is 17.7 Å². The number of halogens is 8. The van der Waals surface area contributed by atoms with Crippen molar-refractivity contribution in [2.24, 2.45) is 17.4 Å². The summed E-state index contributed by atoms with van der Waals surface area (Å²) in [7, 11) is 0. The average molecular weight is 764 g/mol. The van der Waals surface area contributed by atoms with Crippen LogP contribution in [-0.2, 0) is 36.3 Å². The van der Waals surface area contributed by atoms with E-state index in [0.29, 0.717) is 6.07 Å². The van der Waals surface area contributed by atoms with Crippen molar-refractivity contribution >= 4 is 39.4 Å². The number of rotatable bonds is 11. The third-order valence-corrected chi connectivity index (χ3v) is 9.54. The van der Waals surface area contributed by atoms with Crippen LogP contribution in [0.15, 0.2) is 55.1 Å². The molecule has 2 atom stereocenters. The molecule has 0 saturated carbocycles. The van der Waals surface area contributed by atoms with Crippen LogP contribution in [0.3, 0.4) is 0 Å². The zero-order valence-corrected chi connectivity index (χ0v) is 27.7. The molecule has 2 aromatic carbocycles. The predicted octanol–water partition coefficient (Wildman–Crippen LogP) is 6.13. The van der Waals surface area contributed by atoms with Crippen LogP contribution in [-0.4, -0.2) is 37.5 Å². The second-order valence-electron chi connectivity index (χ2n) is 12.2. The largest absolute Gasteiger partial charge is 0.435 e. The monoisotopic (exact) mass is 763 g/mol. The minimum absolute atomic E-state index is 0.0555. The first-order chi connectivity index (χ1) is 24.9. The van der Waals surface area contributed by atoms with Crippen LogP contribution in [0.1, 0.15) is 60.8 Å². The Kier molecular flexibility index (Phi) is 9.56. The Morgan fingerprint density at radius 1 is 1.04 bits per heavy atom. The van der Waals surface area contributed by atoms with Gasteiger partial charge in [0, 0.05) is 23.1 Å². The molecule has 10 nitrogen and oxygen atoms in total. The Balaban J connectivity index is 1.49. The van der Waals surface area contributed by atoms with Gasteiger partial charge in [0.1, 0.15) is 29.7 Å². The predicted molar refractivity (Wildman–Crippen MR) is 174 cm³/mol. The summed E-state index contributed by atoms with van der Waals surface area (Å²) < 4.78 is 117. The lowest BCUT2D eigenvalue weighted by Gasteiger charge is -2.23. The fourth-order valence-corrected chi connectivity index (χ4v) is 7.13. The van der Waals surface area contributed by atoms with Gasteiger partial charge in [-0.2, -0.15) is 27.1 Å². The van der Waals surface area contributed by atoms with Gasteiger partial charge in [-0.25, -0.2) is 23.1 Å². The van der Waals surface area contributed by atoms with Crippen LogP contribution >= 0.6 is 11.3 Å². The van der Waals surface area contributed by atoms with E-state index in [2.05, 4.69) is 27.0 Å². The number of nitrogens with one attached hydrogen (secondary N) is 1. The molecule has 6 rings (SSSR count). The Morgan fingerprint density at radius 3 is 2.36 bits per heavy atom. The van der Waals surface area contributed by atoms with E-state index in [9.17, 15) is 40.7 Å². The number of benzene rings is 2. The van der Waals surface area contributed by atoms with Gasteiger partial charge in [-0.15, -0.1) is 17.9 Å². The number of primary amides is 2. The first-order valence-corrected chi connectivity index (χ1v) is 16.3. The van der Waals surface area contributed by atoms with Crippen LogP contribution in [0.25, 0.3) is 21.5 Å². The molecule has 1 aliphatic carbocycles. The number of alkyl halides is 5. The van der Waals surface area contributed by atoms with Crippen molar-refractivity contribution in [1.82, 2.24) is 25.1 Å². The average Bonchev–Trinajstić information content (AvgIpc) is 3.72. The fourth-order valence-electron chi connectivity index (χ4n) is 6.33. The molecule has 0 aliphatic heterocycles. The van der Waals surface area contributed by atoms with Crippen molar-refractivity contribution in [2.75, 3.05) is 0 Å². The van der Waals surface area contributed by atoms with Gasteiger partial charge in [0.2, 0.25) is 5.91 Å². The van der Waals surface area contributed by atoms with Crippen molar-refractivity contribution in [3.63, 3.8) is 0 Å². The number of carbonyl (C=O) groups is 3. The molecular formula is C34H25F8N7O3S. The molecule has 53 heavy (non-hydrogen) atoms. The van der Waals surface area contributed by atoms with Gasteiger partial charge in [-0.05, 0) is 60.7 Å².